The van der Waals surface area contributed by atoms with Crippen LogP contribution in [0.15, 0.2) is 55.0 Å². The molecule has 4 N–H and O–H groups in total. The van der Waals surface area contributed by atoms with Crippen LogP contribution in [0.5, 0.6) is 0 Å². The van der Waals surface area contributed by atoms with Gasteiger partial charge in [-0.25, -0.2) is 9.97 Å². The number of nitrogens with one attached hydrogen (secondary N) is 3. The average molecular weight is 555 g/mol. The maximum absolute atomic E-state index is 13.1. The molecule has 3 heterocycles. The Morgan fingerprint density at radius 3 is 2.68 bits per heavy atom. The summed E-state index contributed by atoms with van der Waals surface area (Å²) in [6, 6.07) is 14.8. The largest absolute Gasteiger partial charge is 0.395 e. The molecule has 0 bridgehead atoms. The second-order valence-electron chi connectivity index (χ2n) is 10.2. The number of pyridine rings is 1. The molecule has 0 saturated carbocycles. The molecule has 0 aliphatic carbocycles. The zero-order valence-corrected chi connectivity index (χ0v) is 23.8. The highest BCUT2D eigenvalue weighted by Gasteiger charge is 2.23. The number of nitrogens with zero attached hydrogens (tertiary/aromatic N) is 7. The van der Waals surface area contributed by atoms with E-state index in [-0.39, 0.29) is 12.5 Å². The lowest BCUT2D eigenvalue weighted by atomic mass is 9.90. The molecule has 12 heteroatoms. The first-order valence-electron chi connectivity index (χ1n) is 13.1. The molecule has 4 rings (SSSR count). The molecule has 212 valence electrons. The number of carbonyl (C=O) groups is 1. The van der Waals surface area contributed by atoms with E-state index in [0.717, 1.165) is 16.9 Å². The molecule has 0 radical (unpaired) electrons. The van der Waals surface area contributed by atoms with E-state index in [0.29, 0.717) is 47.5 Å². The maximum atomic E-state index is 13.1. The highest BCUT2D eigenvalue weighted by atomic mass is 16.3. The lowest BCUT2D eigenvalue weighted by Gasteiger charge is -2.16. The van der Waals surface area contributed by atoms with Crippen LogP contribution in [0, 0.1) is 18.3 Å². The zero-order valence-electron chi connectivity index (χ0n) is 23.8. The van der Waals surface area contributed by atoms with E-state index in [2.05, 4.69) is 37.0 Å². The molecule has 1 amide bonds. The Hall–Kier alpha value is -4.86. The molecule has 12 nitrogen and oxygen atoms in total. The molecule has 0 spiro atoms. The van der Waals surface area contributed by atoms with E-state index in [1.807, 2.05) is 43.1 Å². The van der Waals surface area contributed by atoms with Gasteiger partial charge in [-0.05, 0) is 57.6 Å². The zero-order chi connectivity index (χ0) is 29.6. The van der Waals surface area contributed by atoms with Crippen LogP contribution in [-0.2, 0) is 12.0 Å². The van der Waals surface area contributed by atoms with Crippen molar-refractivity contribution in [1.82, 2.24) is 29.6 Å². The van der Waals surface area contributed by atoms with Gasteiger partial charge in [0.1, 0.15) is 18.0 Å². The molecule has 0 aliphatic heterocycles. The van der Waals surface area contributed by atoms with E-state index in [1.54, 1.807) is 43.8 Å². The number of benzene rings is 1. The first kappa shape index (κ1) is 29.1. The number of nitriles is 1. The van der Waals surface area contributed by atoms with Crippen molar-refractivity contribution in [2.45, 2.75) is 32.7 Å². The summed E-state index contributed by atoms with van der Waals surface area (Å²) in [5.74, 6) is 1.58. The van der Waals surface area contributed by atoms with Gasteiger partial charge >= 0.3 is 0 Å². The summed E-state index contributed by atoms with van der Waals surface area (Å²) < 4.78 is 1.70. The van der Waals surface area contributed by atoms with Crippen LogP contribution in [0.4, 0.5) is 23.0 Å². The Labute approximate surface area is 239 Å². The highest BCUT2D eigenvalue weighted by molar-refractivity contribution is 6.04. The Morgan fingerprint density at radius 2 is 1.95 bits per heavy atom. The molecule has 4 aromatic rings. The minimum atomic E-state index is -0.816. The third kappa shape index (κ3) is 7.02. The van der Waals surface area contributed by atoms with E-state index >= 15 is 0 Å². The molecular weight excluding hydrogens is 520 g/mol. The lowest BCUT2D eigenvalue weighted by Crippen LogP contribution is -2.21. The van der Waals surface area contributed by atoms with Gasteiger partial charge < -0.3 is 21.1 Å². The summed E-state index contributed by atoms with van der Waals surface area (Å²) in [7, 11) is 3.69. The predicted molar refractivity (Wildman–Crippen MR) is 157 cm³/mol. The standard InChI is InChI=1S/C29H34N10O2/c1-19-6-7-21(35-28(41)20-8-9-32-24(12-20)29(2,3)17-30)13-23(19)36-27-14-22(16-38(5)10-11-40)37-39(27)26-15-25(31-4)33-18-34-26/h6-9,12-15,18,36,40H,10-11,16H2,1-5H3,(H,35,41)(H,31,33,34). The highest BCUT2D eigenvalue weighted by Crippen LogP contribution is 2.28. The third-order valence-corrected chi connectivity index (χ3v) is 6.50. The van der Waals surface area contributed by atoms with Crippen LogP contribution in [0.2, 0.25) is 0 Å². The molecule has 0 saturated heterocycles. The van der Waals surface area contributed by atoms with Crippen LogP contribution in [0.1, 0.15) is 41.2 Å². The normalized spacial score (nSPS) is 11.3. The minimum absolute atomic E-state index is 0.0500. The molecule has 0 fully saturated rings. The molecule has 0 atom stereocenters. The van der Waals surface area contributed by atoms with Gasteiger partial charge in [0.15, 0.2) is 5.82 Å². The summed E-state index contributed by atoms with van der Waals surface area (Å²) in [6.07, 6.45) is 3.00. The Morgan fingerprint density at radius 1 is 1.15 bits per heavy atom. The number of aliphatic hydroxyl groups is 1. The summed E-state index contributed by atoms with van der Waals surface area (Å²) in [5.41, 5.74) is 3.21. The molecular formula is C29H34N10O2. The number of amides is 1. The van der Waals surface area contributed by atoms with Crippen molar-refractivity contribution >= 4 is 28.9 Å². The van der Waals surface area contributed by atoms with Crippen molar-refractivity contribution in [3.63, 3.8) is 0 Å². The topological polar surface area (TPSA) is 157 Å². The Balaban J connectivity index is 1.63. The van der Waals surface area contributed by atoms with Crippen molar-refractivity contribution in [3.8, 4) is 11.9 Å². The number of aromatic nitrogens is 5. The first-order chi connectivity index (χ1) is 19.6. The fraction of sp³-hybridized carbons (Fsp3) is 0.310. The SMILES string of the molecule is CNc1cc(-n2nc(CN(C)CCO)cc2Nc2cc(NC(=O)c3ccnc(C(C)(C)C#N)c3)ccc2C)ncn1. The smallest absolute Gasteiger partial charge is 0.255 e. The van der Waals surface area contributed by atoms with E-state index in [1.165, 1.54) is 12.5 Å². The lowest BCUT2D eigenvalue weighted by molar-refractivity contribution is 0.102. The molecule has 0 unspecified atom stereocenters. The number of hydrogen-bond donors (Lipinski definition) is 4. The number of hydrogen-bond acceptors (Lipinski definition) is 10. The van der Waals surface area contributed by atoms with Crippen molar-refractivity contribution in [2.24, 2.45) is 0 Å². The van der Waals surface area contributed by atoms with Gasteiger partial charge in [-0.15, -0.1) is 0 Å². The average Bonchev–Trinajstić information content (AvgIpc) is 3.36. The van der Waals surface area contributed by atoms with Crippen LogP contribution in [0.25, 0.3) is 5.82 Å². The van der Waals surface area contributed by atoms with E-state index in [4.69, 9.17) is 5.10 Å². The van der Waals surface area contributed by atoms with Gasteiger partial charge in [-0.2, -0.15) is 15.0 Å². The molecule has 41 heavy (non-hydrogen) atoms. The second kappa shape index (κ2) is 12.5. The monoisotopic (exact) mass is 554 g/mol. The third-order valence-electron chi connectivity index (χ3n) is 6.50. The quantitative estimate of drug-likeness (QED) is 0.216. The molecule has 3 aromatic heterocycles. The van der Waals surface area contributed by atoms with Crippen molar-refractivity contribution in [1.29, 1.82) is 5.26 Å². The van der Waals surface area contributed by atoms with E-state index in [9.17, 15) is 15.2 Å². The molecule has 1 aromatic carbocycles. The maximum Gasteiger partial charge on any atom is 0.255 e. The first-order valence-corrected chi connectivity index (χ1v) is 13.1. The fourth-order valence-corrected chi connectivity index (χ4v) is 4.04. The van der Waals surface area contributed by atoms with Crippen LogP contribution >= 0.6 is 0 Å². The number of anilines is 4. The van der Waals surface area contributed by atoms with Gasteiger partial charge in [0.05, 0.1) is 29.5 Å². The van der Waals surface area contributed by atoms with E-state index < -0.39 is 5.41 Å². The summed E-state index contributed by atoms with van der Waals surface area (Å²) in [5, 5.41) is 32.9. The number of likely N-dealkylation sites (N-methyl/N-ethyl adjacent to an activating group) is 1. The van der Waals surface area contributed by atoms with Crippen LogP contribution < -0.4 is 16.0 Å². The summed E-state index contributed by atoms with van der Waals surface area (Å²) in [4.78, 5) is 27.9. The molecule has 0 aliphatic rings. The van der Waals surface area contributed by atoms with Crippen molar-refractivity contribution in [2.75, 3.05) is 43.2 Å². The van der Waals surface area contributed by atoms with Crippen molar-refractivity contribution in [3.05, 3.63) is 77.5 Å². The van der Waals surface area contributed by atoms with Crippen LogP contribution in [-0.4, -0.2) is 67.9 Å². The van der Waals surface area contributed by atoms with Gasteiger partial charge in [-0.1, -0.05) is 6.07 Å². The predicted octanol–water partition coefficient (Wildman–Crippen LogP) is 3.63. The van der Waals surface area contributed by atoms with Gasteiger partial charge in [-0.3, -0.25) is 14.7 Å². The van der Waals surface area contributed by atoms with Crippen molar-refractivity contribution < 1.29 is 9.90 Å². The minimum Gasteiger partial charge on any atom is -0.395 e. The van der Waals surface area contributed by atoms with Gasteiger partial charge in [0.25, 0.3) is 5.91 Å². The number of rotatable bonds is 11. The fourth-order valence-electron chi connectivity index (χ4n) is 4.04. The second-order valence-corrected chi connectivity index (χ2v) is 10.2. The number of aryl methyl sites for hydroxylation is 1. The Bertz CT molecular complexity index is 1570. The number of carbonyl (C=O) groups excluding carboxylic acids is 1. The van der Waals surface area contributed by atoms with Gasteiger partial charge in [0, 0.05) is 55.4 Å². The number of aliphatic hydroxyl groups excluding tert-OH is 1. The Kier molecular flexibility index (Phi) is 8.91. The summed E-state index contributed by atoms with van der Waals surface area (Å²) in [6.45, 7) is 6.58. The summed E-state index contributed by atoms with van der Waals surface area (Å²) >= 11 is 0. The van der Waals surface area contributed by atoms with Crippen LogP contribution in [0.3, 0.4) is 0 Å². The van der Waals surface area contributed by atoms with Gasteiger partial charge in [0.2, 0.25) is 0 Å².